The molecular formula is C17H22Cl2N2O. The Bertz CT molecular complexity index is 550. The van der Waals surface area contributed by atoms with Crippen LogP contribution in [0.25, 0.3) is 0 Å². The predicted octanol–water partition coefficient (Wildman–Crippen LogP) is 3.60. The highest BCUT2D eigenvalue weighted by Crippen LogP contribution is 2.48. The highest BCUT2D eigenvalue weighted by Gasteiger charge is 2.44. The molecule has 22 heavy (non-hydrogen) atoms. The summed E-state index contributed by atoms with van der Waals surface area (Å²) in [4.78, 5) is 12.4. The summed E-state index contributed by atoms with van der Waals surface area (Å²) in [5, 5.41) is 7.79. The molecule has 1 aliphatic carbocycles. The minimum atomic E-state index is 0.0693. The number of amides is 1. The van der Waals surface area contributed by atoms with E-state index < -0.39 is 0 Å². The molecule has 2 atom stereocenters. The SMILES string of the molecule is CC1(CNC(=O)C2CC2c2cc(Cl)cc(Cl)c2)CCNCC1. The third kappa shape index (κ3) is 3.76. The highest BCUT2D eigenvalue weighted by atomic mass is 35.5. The summed E-state index contributed by atoms with van der Waals surface area (Å²) in [5.74, 6) is 0.498. The van der Waals surface area contributed by atoms with Gasteiger partial charge in [0.25, 0.3) is 0 Å². The molecule has 0 bridgehead atoms. The lowest BCUT2D eigenvalue weighted by Gasteiger charge is -2.34. The summed E-state index contributed by atoms with van der Waals surface area (Å²) in [7, 11) is 0. The lowest BCUT2D eigenvalue weighted by molar-refractivity contribution is -0.123. The van der Waals surface area contributed by atoms with Crippen LogP contribution in [-0.2, 0) is 4.79 Å². The Hall–Kier alpha value is -0.770. The summed E-state index contributed by atoms with van der Waals surface area (Å²) in [6, 6.07) is 5.56. The average Bonchev–Trinajstić information content (AvgIpc) is 3.25. The van der Waals surface area contributed by atoms with Gasteiger partial charge in [-0.05, 0) is 67.4 Å². The minimum Gasteiger partial charge on any atom is -0.355 e. The molecule has 1 heterocycles. The van der Waals surface area contributed by atoms with Crippen LogP contribution in [0.5, 0.6) is 0 Å². The van der Waals surface area contributed by atoms with Crippen molar-refractivity contribution in [3.63, 3.8) is 0 Å². The van der Waals surface area contributed by atoms with Gasteiger partial charge in [0.1, 0.15) is 0 Å². The van der Waals surface area contributed by atoms with E-state index in [2.05, 4.69) is 17.6 Å². The van der Waals surface area contributed by atoms with Crippen molar-refractivity contribution in [2.45, 2.75) is 32.1 Å². The molecule has 1 aliphatic heterocycles. The van der Waals surface area contributed by atoms with E-state index in [1.807, 2.05) is 12.1 Å². The molecule has 1 saturated carbocycles. The van der Waals surface area contributed by atoms with Crippen LogP contribution in [0.2, 0.25) is 10.0 Å². The monoisotopic (exact) mass is 340 g/mol. The van der Waals surface area contributed by atoms with E-state index >= 15 is 0 Å². The molecule has 5 heteroatoms. The summed E-state index contributed by atoms with van der Waals surface area (Å²) in [6.07, 6.45) is 3.12. The zero-order chi connectivity index (χ0) is 15.7. The van der Waals surface area contributed by atoms with Gasteiger partial charge < -0.3 is 10.6 Å². The van der Waals surface area contributed by atoms with E-state index in [1.54, 1.807) is 6.07 Å². The smallest absolute Gasteiger partial charge is 0.223 e. The van der Waals surface area contributed by atoms with Crippen LogP contribution < -0.4 is 10.6 Å². The third-order valence-electron chi connectivity index (χ3n) is 4.94. The number of halogens is 2. The van der Waals surface area contributed by atoms with Crippen molar-refractivity contribution in [1.29, 1.82) is 0 Å². The molecule has 2 aliphatic rings. The summed E-state index contributed by atoms with van der Waals surface area (Å²) >= 11 is 12.1. The molecule has 2 N–H and O–H groups in total. The Labute approximate surface area is 141 Å². The molecule has 1 amide bonds. The van der Waals surface area contributed by atoms with Crippen LogP contribution in [-0.4, -0.2) is 25.5 Å². The first-order valence-corrected chi connectivity index (χ1v) is 8.67. The second-order valence-corrected chi connectivity index (χ2v) is 7.80. The second kappa shape index (κ2) is 6.38. The maximum Gasteiger partial charge on any atom is 0.223 e. The number of hydrogen-bond donors (Lipinski definition) is 2. The van der Waals surface area contributed by atoms with Crippen LogP contribution in [0.4, 0.5) is 0 Å². The van der Waals surface area contributed by atoms with Crippen molar-refractivity contribution < 1.29 is 4.79 Å². The van der Waals surface area contributed by atoms with Crippen molar-refractivity contribution in [2.75, 3.05) is 19.6 Å². The Morgan fingerprint density at radius 2 is 1.91 bits per heavy atom. The first kappa shape index (κ1) is 16.1. The molecule has 1 aromatic rings. The number of piperidine rings is 1. The number of hydrogen-bond acceptors (Lipinski definition) is 2. The standard InChI is InChI=1S/C17H22Cl2N2O/c1-17(2-4-20-5-3-17)10-21-16(22)15-9-14(15)11-6-12(18)8-13(19)7-11/h6-8,14-15,20H,2-5,9-10H2,1H3,(H,21,22). The average molecular weight is 341 g/mol. The van der Waals surface area contributed by atoms with Gasteiger partial charge in [-0.15, -0.1) is 0 Å². The van der Waals surface area contributed by atoms with Gasteiger partial charge in [0.05, 0.1) is 0 Å². The second-order valence-electron chi connectivity index (χ2n) is 6.93. The zero-order valence-corrected chi connectivity index (χ0v) is 14.3. The topological polar surface area (TPSA) is 41.1 Å². The van der Waals surface area contributed by atoms with Crippen molar-refractivity contribution in [3.05, 3.63) is 33.8 Å². The Morgan fingerprint density at radius 3 is 2.55 bits per heavy atom. The largest absolute Gasteiger partial charge is 0.355 e. The van der Waals surface area contributed by atoms with Gasteiger partial charge in [-0.1, -0.05) is 30.1 Å². The molecule has 2 unspecified atom stereocenters. The van der Waals surface area contributed by atoms with E-state index in [4.69, 9.17) is 23.2 Å². The molecule has 0 spiro atoms. The van der Waals surface area contributed by atoms with Gasteiger partial charge in [0.2, 0.25) is 5.91 Å². The fraction of sp³-hybridized carbons (Fsp3) is 0.588. The lowest BCUT2D eigenvalue weighted by Crippen LogP contribution is -2.43. The van der Waals surface area contributed by atoms with Crippen molar-refractivity contribution in [1.82, 2.24) is 10.6 Å². The number of nitrogens with one attached hydrogen (secondary N) is 2. The van der Waals surface area contributed by atoms with E-state index in [0.717, 1.165) is 44.5 Å². The molecule has 2 fully saturated rings. The van der Waals surface area contributed by atoms with Gasteiger partial charge in [-0.25, -0.2) is 0 Å². The number of rotatable bonds is 4. The number of carbonyl (C=O) groups excluding carboxylic acids is 1. The quantitative estimate of drug-likeness (QED) is 0.879. The fourth-order valence-corrected chi connectivity index (χ4v) is 3.82. The van der Waals surface area contributed by atoms with Gasteiger partial charge in [-0.3, -0.25) is 4.79 Å². The number of benzene rings is 1. The number of carbonyl (C=O) groups is 1. The zero-order valence-electron chi connectivity index (χ0n) is 12.8. The molecule has 1 aromatic carbocycles. The highest BCUT2D eigenvalue weighted by molar-refractivity contribution is 6.34. The van der Waals surface area contributed by atoms with Crippen molar-refractivity contribution >= 4 is 29.1 Å². The van der Waals surface area contributed by atoms with Crippen molar-refractivity contribution in [2.24, 2.45) is 11.3 Å². The van der Waals surface area contributed by atoms with Gasteiger partial charge in [0, 0.05) is 22.5 Å². The van der Waals surface area contributed by atoms with Crippen LogP contribution in [0.3, 0.4) is 0 Å². The molecular weight excluding hydrogens is 319 g/mol. The van der Waals surface area contributed by atoms with E-state index in [9.17, 15) is 4.79 Å². The van der Waals surface area contributed by atoms with Crippen LogP contribution in [0, 0.1) is 11.3 Å². The summed E-state index contributed by atoms with van der Waals surface area (Å²) < 4.78 is 0. The van der Waals surface area contributed by atoms with Crippen LogP contribution in [0.1, 0.15) is 37.7 Å². The summed E-state index contributed by atoms with van der Waals surface area (Å²) in [5.41, 5.74) is 1.30. The molecule has 0 aromatic heterocycles. The summed E-state index contributed by atoms with van der Waals surface area (Å²) in [6.45, 7) is 5.11. The molecule has 3 rings (SSSR count). The van der Waals surface area contributed by atoms with Crippen LogP contribution >= 0.6 is 23.2 Å². The van der Waals surface area contributed by atoms with E-state index in [0.29, 0.717) is 10.0 Å². The first-order valence-electron chi connectivity index (χ1n) is 7.91. The van der Waals surface area contributed by atoms with Gasteiger partial charge in [-0.2, -0.15) is 0 Å². The normalized spacial score (nSPS) is 26.5. The van der Waals surface area contributed by atoms with Crippen molar-refractivity contribution in [3.8, 4) is 0 Å². The van der Waals surface area contributed by atoms with E-state index in [-0.39, 0.29) is 23.2 Å². The Kier molecular flexibility index (Phi) is 4.67. The minimum absolute atomic E-state index is 0.0693. The molecule has 3 nitrogen and oxygen atoms in total. The maximum atomic E-state index is 12.4. The third-order valence-corrected chi connectivity index (χ3v) is 5.38. The van der Waals surface area contributed by atoms with Gasteiger partial charge >= 0.3 is 0 Å². The lowest BCUT2D eigenvalue weighted by atomic mass is 9.81. The fourth-order valence-electron chi connectivity index (χ4n) is 3.28. The van der Waals surface area contributed by atoms with E-state index in [1.165, 1.54) is 0 Å². The molecule has 1 saturated heterocycles. The first-order chi connectivity index (χ1) is 10.5. The Balaban J connectivity index is 1.54. The predicted molar refractivity (Wildman–Crippen MR) is 90.5 cm³/mol. The maximum absolute atomic E-state index is 12.4. The molecule has 0 radical (unpaired) electrons. The molecule has 120 valence electrons. The Morgan fingerprint density at radius 1 is 1.27 bits per heavy atom. The van der Waals surface area contributed by atoms with Gasteiger partial charge in [0.15, 0.2) is 0 Å². The van der Waals surface area contributed by atoms with Crippen LogP contribution in [0.15, 0.2) is 18.2 Å².